The van der Waals surface area contributed by atoms with Crippen LogP contribution in [-0.4, -0.2) is 31.0 Å². The van der Waals surface area contributed by atoms with Crippen LogP contribution >= 0.6 is 11.6 Å². The number of carbonyl (C=O) groups is 1. The number of nitrogens with one attached hydrogen (secondary N) is 2. The maximum absolute atomic E-state index is 13.0. The summed E-state index contributed by atoms with van der Waals surface area (Å²) in [6, 6.07) is 20.1. The van der Waals surface area contributed by atoms with Crippen molar-refractivity contribution < 1.29 is 17.9 Å². The molecule has 2 N–H and O–H groups in total. The molecule has 0 aliphatic heterocycles. The largest absolute Gasteiger partial charge is 0.495 e. The SMILES string of the molecule is COc1ccccc1NS(=O)(=O)c1cc(NC(=O)c2cncn2-c2ccccc2)ccc1Cl. The molecule has 4 aromatic rings. The Morgan fingerprint density at radius 2 is 1.76 bits per heavy atom. The molecule has 1 aromatic heterocycles. The molecule has 0 atom stereocenters. The zero-order chi connectivity index (χ0) is 23.4. The minimum atomic E-state index is -4.07. The van der Waals surface area contributed by atoms with Gasteiger partial charge in [-0.3, -0.25) is 14.1 Å². The summed E-state index contributed by atoms with van der Waals surface area (Å²) in [5.41, 5.74) is 1.57. The van der Waals surface area contributed by atoms with Gasteiger partial charge in [-0.1, -0.05) is 41.9 Å². The summed E-state index contributed by atoms with van der Waals surface area (Å²) in [6.07, 6.45) is 2.96. The summed E-state index contributed by atoms with van der Waals surface area (Å²) in [6.45, 7) is 0. The lowest BCUT2D eigenvalue weighted by Gasteiger charge is -2.14. The third-order valence-electron chi connectivity index (χ3n) is 4.74. The smallest absolute Gasteiger partial charge is 0.274 e. The van der Waals surface area contributed by atoms with Crippen molar-refractivity contribution >= 4 is 38.9 Å². The van der Waals surface area contributed by atoms with Crippen molar-refractivity contribution in [1.29, 1.82) is 0 Å². The van der Waals surface area contributed by atoms with Crippen molar-refractivity contribution in [3.63, 3.8) is 0 Å². The summed E-state index contributed by atoms with van der Waals surface area (Å²) in [5, 5.41) is 2.71. The van der Waals surface area contributed by atoms with Crippen LogP contribution in [0.3, 0.4) is 0 Å². The van der Waals surface area contributed by atoms with Gasteiger partial charge in [0.05, 0.1) is 30.3 Å². The third kappa shape index (κ3) is 4.84. The number of ether oxygens (including phenoxy) is 1. The first-order chi connectivity index (χ1) is 15.9. The van der Waals surface area contributed by atoms with Crippen LogP contribution in [0.5, 0.6) is 5.75 Å². The summed E-state index contributed by atoms with van der Waals surface area (Å²) in [4.78, 5) is 16.8. The van der Waals surface area contributed by atoms with Gasteiger partial charge in [-0.05, 0) is 42.5 Å². The number of para-hydroxylation sites is 3. The summed E-state index contributed by atoms with van der Waals surface area (Å²) in [7, 11) is -2.63. The fourth-order valence-corrected chi connectivity index (χ4v) is 4.77. The number of sulfonamides is 1. The van der Waals surface area contributed by atoms with E-state index in [1.54, 1.807) is 28.8 Å². The molecule has 0 fully saturated rings. The van der Waals surface area contributed by atoms with E-state index < -0.39 is 15.9 Å². The Kier molecular flexibility index (Phi) is 6.34. The molecule has 0 saturated carbocycles. The summed E-state index contributed by atoms with van der Waals surface area (Å²) >= 11 is 6.18. The molecule has 0 aliphatic carbocycles. The number of anilines is 2. The topological polar surface area (TPSA) is 102 Å². The van der Waals surface area contributed by atoms with Crippen molar-refractivity contribution in [3.05, 3.63) is 96.0 Å². The van der Waals surface area contributed by atoms with Gasteiger partial charge in [0.2, 0.25) is 0 Å². The van der Waals surface area contributed by atoms with Crippen LogP contribution in [0.4, 0.5) is 11.4 Å². The standard InChI is InChI=1S/C23H19ClN4O4S/c1-32-21-10-6-5-9-19(21)27-33(30,31)22-13-16(11-12-18(22)24)26-23(29)20-14-25-15-28(20)17-7-3-2-4-8-17/h2-15,27H,1H3,(H,26,29). The number of nitrogens with zero attached hydrogens (tertiary/aromatic N) is 2. The maximum Gasteiger partial charge on any atom is 0.274 e. The van der Waals surface area contributed by atoms with E-state index in [1.165, 1.54) is 37.8 Å². The number of halogens is 1. The first-order valence-electron chi connectivity index (χ1n) is 9.73. The first-order valence-corrected chi connectivity index (χ1v) is 11.6. The van der Waals surface area contributed by atoms with Gasteiger partial charge in [-0.25, -0.2) is 13.4 Å². The molecule has 10 heteroatoms. The van der Waals surface area contributed by atoms with Crippen LogP contribution in [-0.2, 0) is 10.0 Å². The Labute approximate surface area is 195 Å². The summed E-state index contributed by atoms with van der Waals surface area (Å²) < 4.78 is 35.3. The number of hydrogen-bond acceptors (Lipinski definition) is 5. The highest BCUT2D eigenvalue weighted by atomic mass is 35.5. The monoisotopic (exact) mass is 482 g/mol. The van der Waals surface area contributed by atoms with Gasteiger partial charge in [0.25, 0.3) is 15.9 Å². The highest BCUT2D eigenvalue weighted by Gasteiger charge is 2.21. The molecular formula is C23H19ClN4O4S. The molecule has 1 heterocycles. The Hall–Kier alpha value is -3.82. The zero-order valence-electron chi connectivity index (χ0n) is 17.4. The van der Waals surface area contributed by atoms with Gasteiger partial charge in [0.15, 0.2) is 0 Å². The fraction of sp³-hybridized carbons (Fsp3) is 0.0435. The Morgan fingerprint density at radius 3 is 2.52 bits per heavy atom. The summed E-state index contributed by atoms with van der Waals surface area (Å²) in [5.74, 6) is -0.101. The average Bonchev–Trinajstić information content (AvgIpc) is 3.31. The molecule has 8 nitrogen and oxygen atoms in total. The molecule has 168 valence electrons. The Balaban J connectivity index is 1.61. The molecule has 4 rings (SSSR count). The molecule has 33 heavy (non-hydrogen) atoms. The highest BCUT2D eigenvalue weighted by Crippen LogP contribution is 2.30. The molecule has 0 spiro atoms. The van der Waals surface area contributed by atoms with Crippen molar-refractivity contribution in [2.75, 3.05) is 17.1 Å². The second-order valence-electron chi connectivity index (χ2n) is 6.89. The van der Waals surface area contributed by atoms with E-state index in [1.807, 2.05) is 30.3 Å². The third-order valence-corrected chi connectivity index (χ3v) is 6.58. The number of aromatic nitrogens is 2. The van der Waals surface area contributed by atoms with E-state index in [9.17, 15) is 13.2 Å². The van der Waals surface area contributed by atoms with Gasteiger partial charge in [-0.15, -0.1) is 0 Å². The second-order valence-corrected chi connectivity index (χ2v) is 8.95. The van der Waals surface area contributed by atoms with Crippen molar-refractivity contribution in [2.45, 2.75) is 4.90 Å². The van der Waals surface area contributed by atoms with E-state index in [0.717, 1.165) is 5.69 Å². The normalized spacial score (nSPS) is 11.1. The number of amides is 1. The minimum Gasteiger partial charge on any atom is -0.495 e. The molecule has 3 aromatic carbocycles. The molecule has 0 bridgehead atoms. The number of hydrogen-bond donors (Lipinski definition) is 2. The molecule has 1 amide bonds. The van der Waals surface area contributed by atoms with Gasteiger partial charge in [0.1, 0.15) is 16.3 Å². The van der Waals surface area contributed by atoms with Crippen LogP contribution in [0.15, 0.2) is 90.2 Å². The number of benzene rings is 3. The van der Waals surface area contributed by atoms with Crippen molar-refractivity contribution in [2.24, 2.45) is 0 Å². The lowest BCUT2D eigenvalue weighted by atomic mass is 10.3. The van der Waals surface area contributed by atoms with E-state index >= 15 is 0 Å². The van der Waals surface area contributed by atoms with Crippen molar-refractivity contribution in [1.82, 2.24) is 9.55 Å². The maximum atomic E-state index is 13.0. The lowest BCUT2D eigenvalue weighted by molar-refractivity contribution is 0.102. The molecule has 0 aliphatic rings. The molecular weight excluding hydrogens is 464 g/mol. The molecule has 0 radical (unpaired) electrons. The molecule has 0 saturated heterocycles. The van der Waals surface area contributed by atoms with Crippen molar-refractivity contribution in [3.8, 4) is 11.4 Å². The number of rotatable bonds is 7. The van der Waals surface area contributed by atoms with Crippen LogP contribution in [0.2, 0.25) is 5.02 Å². The minimum absolute atomic E-state index is 0.00437. The van der Waals surface area contributed by atoms with E-state index in [4.69, 9.17) is 16.3 Å². The number of methoxy groups -OCH3 is 1. The predicted octanol–water partition coefficient (Wildman–Crippen LogP) is 4.59. The lowest BCUT2D eigenvalue weighted by Crippen LogP contribution is -2.17. The van der Waals surface area contributed by atoms with E-state index in [-0.39, 0.29) is 27.0 Å². The Morgan fingerprint density at radius 1 is 1.03 bits per heavy atom. The quantitative estimate of drug-likeness (QED) is 0.401. The van der Waals surface area contributed by atoms with Gasteiger partial charge < -0.3 is 10.1 Å². The Bertz CT molecular complexity index is 1410. The second kappa shape index (κ2) is 9.35. The zero-order valence-corrected chi connectivity index (χ0v) is 19.0. The van der Waals surface area contributed by atoms with Gasteiger partial charge in [0, 0.05) is 11.4 Å². The van der Waals surface area contributed by atoms with E-state index in [0.29, 0.717) is 5.75 Å². The first kappa shape index (κ1) is 22.4. The van der Waals surface area contributed by atoms with Gasteiger partial charge >= 0.3 is 0 Å². The van der Waals surface area contributed by atoms with E-state index in [2.05, 4.69) is 15.0 Å². The highest BCUT2D eigenvalue weighted by molar-refractivity contribution is 7.92. The van der Waals surface area contributed by atoms with Crippen LogP contribution < -0.4 is 14.8 Å². The van der Waals surface area contributed by atoms with Crippen LogP contribution in [0.25, 0.3) is 5.69 Å². The number of imidazole rings is 1. The van der Waals surface area contributed by atoms with Crippen LogP contribution in [0, 0.1) is 0 Å². The average molecular weight is 483 g/mol. The van der Waals surface area contributed by atoms with Gasteiger partial charge in [-0.2, -0.15) is 0 Å². The number of carbonyl (C=O) groups excluding carboxylic acids is 1. The predicted molar refractivity (Wildman–Crippen MR) is 127 cm³/mol. The molecule has 0 unspecified atom stereocenters. The van der Waals surface area contributed by atoms with Crippen LogP contribution in [0.1, 0.15) is 10.5 Å². The fourth-order valence-electron chi connectivity index (χ4n) is 3.17.